The monoisotopic (exact) mass is 303 g/mol. The van der Waals surface area contributed by atoms with Gasteiger partial charge in [0.05, 0.1) is 12.9 Å². The van der Waals surface area contributed by atoms with Crippen molar-refractivity contribution < 1.29 is 19.1 Å². The first-order valence-electron chi connectivity index (χ1n) is 5.88. The third kappa shape index (κ3) is 5.97. The van der Waals surface area contributed by atoms with Gasteiger partial charge < -0.3 is 14.8 Å². The molecule has 0 atom stereocenters. The number of nitrogens with zero attached hydrogens (tertiary/aromatic N) is 4. The van der Waals surface area contributed by atoms with E-state index in [4.69, 9.17) is 4.74 Å². The zero-order valence-electron chi connectivity index (χ0n) is 11.4. The average molecular weight is 303 g/mol. The number of thioether (sulfide) groups is 1. The van der Waals surface area contributed by atoms with Crippen molar-refractivity contribution in [1.82, 2.24) is 25.5 Å². The molecule has 0 saturated heterocycles. The Balaban J connectivity index is 2.32. The van der Waals surface area contributed by atoms with Crippen molar-refractivity contribution in [3.63, 3.8) is 0 Å². The fourth-order valence-corrected chi connectivity index (χ4v) is 1.92. The van der Waals surface area contributed by atoms with Crippen LogP contribution in [0.2, 0.25) is 0 Å². The Morgan fingerprint density at radius 3 is 2.90 bits per heavy atom. The number of methoxy groups -OCH3 is 2. The molecule has 0 saturated carbocycles. The molecule has 112 valence electrons. The van der Waals surface area contributed by atoms with E-state index in [9.17, 15) is 9.59 Å². The van der Waals surface area contributed by atoms with Gasteiger partial charge in [-0.3, -0.25) is 9.59 Å². The Morgan fingerprint density at radius 1 is 1.40 bits per heavy atom. The van der Waals surface area contributed by atoms with Crippen LogP contribution in [0, 0.1) is 0 Å². The third-order valence-electron chi connectivity index (χ3n) is 2.19. The summed E-state index contributed by atoms with van der Waals surface area (Å²) >= 11 is 1.15. The number of esters is 1. The highest BCUT2D eigenvalue weighted by Gasteiger charge is 2.12. The summed E-state index contributed by atoms with van der Waals surface area (Å²) in [6.07, 6.45) is 0.757. The molecule has 0 unspecified atom stereocenters. The van der Waals surface area contributed by atoms with Gasteiger partial charge in [-0.05, 0) is 16.8 Å². The number of hydrogen-bond donors (Lipinski definition) is 1. The lowest BCUT2D eigenvalue weighted by molar-refractivity contribution is -0.141. The minimum Gasteiger partial charge on any atom is -0.468 e. The molecule has 0 fully saturated rings. The zero-order chi connectivity index (χ0) is 14.8. The number of aromatic nitrogens is 4. The van der Waals surface area contributed by atoms with E-state index >= 15 is 0 Å². The molecule has 20 heavy (non-hydrogen) atoms. The van der Waals surface area contributed by atoms with Crippen LogP contribution in [-0.2, 0) is 25.6 Å². The lowest BCUT2D eigenvalue weighted by Gasteiger charge is -2.05. The van der Waals surface area contributed by atoms with Gasteiger partial charge in [-0.15, -0.1) is 5.10 Å². The lowest BCUT2D eigenvalue weighted by Crippen LogP contribution is -2.27. The molecule has 1 amide bonds. The van der Waals surface area contributed by atoms with Crippen LogP contribution in [-0.4, -0.2) is 65.2 Å². The van der Waals surface area contributed by atoms with Crippen LogP contribution in [0.1, 0.15) is 6.42 Å². The Kier molecular flexibility index (Phi) is 7.58. The number of carbonyl (C=O) groups is 2. The molecule has 10 heteroatoms. The van der Waals surface area contributed by atoms with Gasteiger partial charge >= 0.3 is 5.97 Å². The normalized spacial score (nSPS) is 10.3. The van der Waals surface area contributed by atoms with Crippen LogP contribution in [0.15, 0.2) is 5.16 Å². The van der Waals surface area contributed by atoms with E-state index in [1.807, 2.05) is 0 Å². The van der Waals surface area contributed by atoms with Gasteiger partial charge in [0.15, 0.2) is 0 Å². The molecule has 1 rings (SSSR count). The van der Waals surface area contributed by atoms with E-state index in [0.29, 0.717) is 18.3 Å². The van der Waals surface area contributed by atoms with Crippen molar-refractivity contribution in [2.45, 2.75) is 18.1 Å². The number of carbonyl (C=O) groups excluding carboxylic acids is 2. The summed E-state index contributed by atoms with van der Waals surface area (Å²) < 4.78 is 10.7. The summed E-state index contributed by atoms with van der Waals surface area (Å²) in [4.78, 5) is 22.7. The van der Waals surface area contributed by atoms with Crippen molar-refractivity contribution in [3.8, 4) is 0 Å². The van der Waals surface area contributed by atoms with Crippen LogP contribution in [0.5, 0.6) is 0 Å². The Bertz CT molecular complexity index is 439. The number of amides is 1. The van der Waals surface area contributed by atoms with Crippen LogP contribution >= 0.6 is 11.8 Å². The highest BCUT2D eigenvalue weighted by molar-refractivity contribution is 7.99. The summed E-state index contributed by atoms with van der Waals surface area (Å²) in [5.74, 6) is -0.406. The molecule has 1 aromatic heterocycles. The maximum atomic E-state index is 11.5. The number of tetrazole rings is 1. The molecule has 0 aromatic carbocycles. The molecule has 0 spiro atoms. The van der Waals surface area contributed by atoms with Gasteiger partial charge in [-0.25, -0.2) is 4.68 Å². The zero-order valence-corrected chi connectivity index (χ0v) is 12.2. The Labute approximate surface area is 120 Å². The standard InChI is InChI=1S/C10H17N5O4S/c1-18-5-3-4-11-8(16)7-20-10-12-13-14-15(10)6-9(17)19-2/h3-7H2,1-2H3,(H,11,16). The topological polar surface area (TPSA) is 108 Å². The molecule has 0 aliphatic carbocycles. The Morgan fingerprint density at radius 2 is 2.20 bits per heavy atom. The van der Waals surface area contributed by atoms with Crippen LogP contribution in [0.25, 0.3) is 0 Å². The predicted molar refractivity (Wildman–Crippen MR) is 70.1 cm³/mol. The summed E-state index contributed by atoms with van der Waals surface area (Å²) in [5.41, 5.74) is 0. The van der Waals surface area contributed by atoms with E-state index in [-0.39, 0.29) is 18.2 Å². The average Bonchev–Trinajstić information content (AvgIpc) is 2.88. The first kappa shape index (κ1) is 16.4. The first-order chi connectivity index (χ1) is 9.67. The first-order valence-corrected chi connectivity index (χ1v) is 6.87. The summed E-state index contributed by atoms with van der Waals surface area (Å²) in [6.45, 7) is 1.08. The fourth-order valence-electron chi connectivity index (χ4n) is 1.21. The second-order valence-electron chi connectivity index (χ2n) is 3.68. The molecule has 0 radical (unpaired) electrons. The van der Waals surface area contributed by atoms with Crippen molar-refractivity contribution in [2.75, 3.05) is 33.1 Å². The molecular formula is C10H17N5O4S. The smallest absolute Gasteiger partial charge is 0.327 e. The van der Waals surface area contributed by atoms with E-state index in [1.54, 1.807) is 7.11 Å². The molecule has 0 bridgehead atoms. The lowest BCUT2D eigenvalue weighted by atomic mass is 10.4. The minimum atomic E-state index is -0.455. The van der Waals surface area contributed by atoms with Crippen LogP contribution in [0.4, 0.5) is 0 Å². The quantitative estimate of drug-likeness (QED) is 0.355. The summed E-state index contributed by atoms with van der Waals surface area (Å²) in [5, 5.41) is 14.0. The highest BCUT2D eigenvalue weighted by atomic mass is 32.2. The van der Waals surface area contributed by atoms with E-state index in [0.717, 1.165) is 18.2 Å². The van der Waals surface area contributed by atoms with E-state index in [2.05, 4.69) is 25.6 Å². The van der Waals surface area contributed by atoms with E-state index in [1.165, 1.54) is 11.8 Å². The van der Waals surface area contributed by atoms with Crippen LogP contribution in [0.3, 0.4) is 0 Å². The highest BCUT2D eigenvalue weighted by Crippen LogP contribution is 2.12. The maximum Gasteiger partial charge on any atom is 0.327 e. The SMILES string of the molecule is COCCCNC(=O)CSc1nnnn1CC(=O)OC. The Hall–Kier alpha value is -1.68. The van der Waals surface area contributed by atoms with Crippen molar-refractivity contribution in [2.24, 2.45) is 0 Å². The third-order valence-corrected chi connectivity index (χ3v) is 3.14. The fraction of sp³-hybridized carbons (Fsp3) is 0.700. The van der Waals surface area contributed by atoms with E-state index < -0.39 is 5.97 Å². The van der Waals surface area contributed by atoms with Crippen LogP contribution < -0.4 is 5.32 Å². The number of ether oxygens (including phenoxy) is 2. The molecule has 1 heterocycles. The maximum absolute atomic E-state index is 11.5. The van der Waals surface area contributed by atoms with Crippen molar-refractivity contribution in [3.05, 3.63) is 0 Å². The molecule has 0 aliphatic rings. The number of rotatable bonds is 9. The molecule has 1 aromatic rings. The molecule has 0 aliphatic heterocycles. The minimum absolute atomic E-state index is 0.0821. The summed E-state index contributed by atoms with van der Waals surface area (Å²) in [7, 11) is 2.89. The second kappa shape index (κ2) is 9.26. The van der Waals surface area contributed by atoms with Gasteiger partial charge in [0.25, 0.3) is 0 Å². The molecular weight excluding hydrogens is 286 g/mol. The van der Waals surface area contributed by atoms with Gasteiger partial charge in [-0.2, -0.15) is 0 Å². The van der Waals surface area contributed by atoms with Gasteiger partial charge in [0.1, 0.15) is 6.54 Å². The molecule has 9 nitrogen and oxygen atoms in total. The van der Waals surface area contributed by atoms with Gasteiger partial charge in [0.2, 0.25) is 11.1 Å². The summed E-state index contributed by atoms with van der Waals surface area (Å²) in [6, 6.07) is 0. The molecule has 1 N–H and O–H groups in total. The predicted octanol–water partition coefficient (Wildman–Crippen LogP) is -0.909. The second-order valence-corrected chi connectivity index (χ2v) is 4.62. The number of hydrogen-bond acceptors (Lipinski definition) is 8. The number of nitrogens with one attached hydrogen (secondary N) is 1. The largest absolute Gasteiger partial charge is 0.468 e. The van der Waals surface area contributed by atoms with Gasteiger partial charge in [-0.1, -0.05) is 11.8 Å². The van der Waals surface area contributed by atoms with Crippen molar-refractivity contribution in [1.29, 1.82) is 0 Å². The van der Waals surface area contributed by atoms with Crippen molar-refractivity contribution >= 4 is 23.6 Å². The van der Waals surface area contributed by atoms with Gasteiger partial charge in [0, 0.05) is 20.3 Å².